The van der Waals surface area contributed by atoms with Gasteiger partial charge in [-0.25, -0.2) is 9.13 Å². The smallest absolute Gasteiger partial charge is 0.248 e. The Labute approximate surface area is 107 Å². The van der Waals surface area contributed by atoms with E-state index in [2.05, 4.69) is 6.58 Å². The molecule has 1 aromatic heterocycles. The predicted octanol–water partition coefficient (Wildman–Crippen LogP) is -1.72. The lowest BCUT2D eigenvalue weighted by Crippen LogP contribution is -3.00. The Bertz CT molecular complexity index is 296. The van der Waals surface area contributed by atoms with Crippen molar-refractivity contribution >= 4 is 6.20 Å². The van der Waals surface area contributed by atoms with E-state index >= 15 is 0 Å². The largest absolute Gasteiger partial charge is 1.00 e. The summed E-state index contributed by atoms with van der Waals surface area (Å²) in [5.74, 6) is 0. The Kier molecular flexibility index (Phi) is 8.15. The number of ether oxygens (including phenoxy) is 2. The Morgan fingerprint density at radius 1 is 1.38 bits per heavy atom. The number of aromatic nitrogens is 2. The number of nitrogens with zero attached hydrogens (tertiary/aromatic N) is 2. The van der Waals surface area contributed by atoms with E-state index in [4.69, 9.17) is 9.47 Å². The molecular weight excluding hydrogens is 272 g/mol. The summed E-state index contributed by atoms with van der Waals surface area (Å²) < 4.78 is 14.8. The fraction of sp³-hybridized carbons (Fsp3) is 0.545. The summed E-state index contributed by atoms with van der Waals surface area (Å²) in [5, 5.41) is 0. The molecule has 0 aliphatic rings. The SMILES string of the molecule is C=Cn1cc[n+](CC(OCC)OCC)c1.[Br-]. The molecule has 0 saturated carbocycles. The number of imidazole rings is 1. The van der Waals surface area contributed by atoms with E-state index in [1.54, 1.807) is 6.20 Å². The maximum absolute atomic E-state index is 5.45. The molecule has 0 radical (unpaired) electrons. The highest BCUT2D eigenvalue weighted by Crippen LogP contribution is 1.95. The van der Waals surface area contributed by atoms with Crippen LogP contribution in [0.5, 0.6) is 0 Å². The van der Waals surface area contributed by atoms with E-state index in [9.17, 15) is 0 Å². The molecule has 0 unspecified atom stereocenters. The van der Waals surface area contributed by atoms with Gasteiger partial charge < -0.3 is 26.5 Å². The molecule has 0 aliphatic heterocycles. The molecule has 0 N–H and O–H groups in total. The van der Waals surface area contributed by atoms with Gasteiger partial charge in [-0.05, 0) is 13.8 Å². The predicted molar refractivity (Wildman–Crippen MR) is 58.1 cm³/mol. The van der Waals surface area contributed by atoms with Crippen molar-refractivity contribution in [3.63, 3.8) is 0 Å². The van der Waals surface area contributed by atoms with Crippen LogP contribution < -0.4 is 21.5 Å². The Balaban J connectivity index is 0.00000225. The number of rotatable bonds is 7. The highest BCUT2D eigenvalue weighted by molar-refractivity contribution is 5.12. The molecule has 0 spiro atoms. The van der Waals surface area contributed by atoms with Crippen LogP contribution in [0.15, 0.2) is 25.3 Å². The molecule has 0 aromatic carbocycles. The Morgan fingerprint density at radius 3 is 2.44 bits per heavy atom. The zero-order valence-electron chi connectivity index (χ0n) is 9.80. The fourth-order valence-corrected chi connectivity index (χ4v) is 1.32. The minimum absolute atomic E-state index is 0. The molecule has 5 heteroatoms. The van der Waals surface area contributed by atoms with Crippen LogP contribution in [0, 0.1) is 0 Å². The third-order valence-corrected chi connectivity index (χ3v) is 1.99. The van der Waals surface area contributed by atoms with Gasteiger partial charge in [-0.1, -0.05) is 6.58 Å². The third kappa shape index (κ3) is 4.92. The molecule has 1 aromatic rings. The molecule has 0 fully saturated rings. The lowest BCUT2D eigenvalue weighted by atomic mass is 10.6. The van der Waals surface area contributed by atoms with Crippen molar-refractivity contribution in [1.29, 1.82) is 0 Å². The molecule has 0 bridgehead atoms. The first-order valence-electron chi connectivity index (χ1n) is 5.22. The highest BCUT2D eigenvalue weighted by Gasteiger charge is 2.12. The average Bonchev–Trinajstić information content (AvgIpc) is 2.66. The summed E-state index contributed by atoms with van der Waals surface area (Å²) in [4.78, 5) is 0. The summed E-state index contributed by atoms with van der Waals surface area (Å²) in [6, 6.07) is 0. The van der Waals surface area contributed by atoms with E-state index in [0.717, 1.165) is 0 Å². The highest BCUT2D eigenvalue weighted by atomic mass is 79.9. The van der Waals surface area contributed by atoms with E-state index in [0.29, 0.717) is 19.8 Å². The standard InChI is InChI=1S/C11H19N2O2.BrH/c1-4-12-7-8-13(10-12)9-11(14-5-2)15-6-3;/h4,7-8,10-11H,1,5-6,9H2,2-3H3;1H/q+1;/p-1. The zero-order chi connectivity index (χ0) is 11.1. The molecule has 1 rings (SSSR count). The van der Waals surface area contributed by atoms with Gasteiger partial charge in [-0.15, -0.1) is 0 Å². The van der Waals surface area contributed by atoms with Crippen LogP contribution >= 0.6 is 0 Å². The molecule has 92 valence electrons. The third-order valence-electron chi connectivity index (χ3n) is 1.99. The molecule has 4 nitrogen and oxygen atoms in total. The number of hydrogen-bond acceptors (Lipinski definition) is 2. The summed E-state index contributed by atoms with van der Waals surface area (Å²) in [6.07, 6.45) is 7.41. The summed E-state index contributed by atoms with van der Waals surface area (Å²) >= 11 is 0. The molecular formula is C11H19BrN2O2. The van der Waals surface area contributed by atoms with Crippen LogP contribution in [-0.2, 0) is 16.0 Å². The first-order valence-corrected chi connectivity index (χ1v) is 5.22. The van der Waals surface area contributed by atoms with Gasteiger partial charge in [0.1, 0.15) is 18.9 Å². The maximum atomic E-state index is 5.45. The Morgan fingerprint density at radius 2 is 2.00 bits per heavy atom. The lowest BCUT2D eigenvalue weighted by Gasteiger charge is -2.14. The van der Waals surface area contributed by atoms with Gasteiger partial charge in [0, 0.05) is 13.2 Å². The van der Waals surface area contributed by atoms with Gasteiger partial charge in [-0.3, -0.25) is 0 Å². The topological polar surface area (TPSA) is 27.3 Å². The first-order chi connectivity index (χ1) is 7.30. The van der Waals surface area contributed by atoms with Crippen molar-refractivity contribution < 1.29 is 31.0 Å². The molecule has 16 heavy (non-hydrogen) atoms. The van der Waals surface area contributed by atoms with E-state index in [1.807, 2.05) is 41.7 Å². The minimum Gasteiger partial charge on any atom is -1.00 e. The van der Waals surface area contributed by atoms with E-state index in [1.165, 1.54) is 0 Å². The van der Waals surface area contributed by atoms with Crippen LogP contribution in [0.4, 0.5) is 0 Å². The van der Waals surface area contributed by atoms with Crippen molar-refractivity contribution in [3.05, 3.63) is 25.3 Å². The van der Waals surface area contributed by atoms with Gasteiger partial charge in [-0.2, -0.15) is 0 Å². The van der Waals surface area contributed by atoms with Gasteiger partial charge in [0.2, 0.25) is 6.33 Å². The monoisotopic (exact) mass is 290 g/mol. The summed E-state index contributed by atoms with van der Waals surface area (Å²) in [6.45, 7) is 9.63. The van der Waals surface area contributed by atoms with Gasteiger partial charge in [0.25, 0.3) is 0 Å². The van der Waals surface area contributed by atoms with Crippen LogP contribution in [0.3, 0.4) is 0 Å². The summed E-state index contributed by atoms with van der Waals surface area (Å²) in [5.41, 5.74) is 0. The average molecular weight is 291 g/mol. The molecule has 0 aliphatic carbocycles. The quantitative estimate of drug-likeness (QED) is 0.441. The Hall–Kier alpha value is -0.650. The van der Waals surface area contributed by atoms with Crippen LogP contribution in [0.1, 0.15) is 13.8 Å². The first kappa shape index (κ1) is 15.3. The second kappa shape index (κ2) is 8.50. The van der Waals surface area contributed by atoms with E-state index < -0.39 is 0 Å². The van der Waals surface area contributed by atoms with E-state index in [-0.39, 0.29) is 23.3 Å². The number of halogens is 1. The number of hydrogen-bond donors (Lipinski definition) is 0. The second-order valence-electron chi connectivity index (χ2n) is 3.08. The molecule has 0 saturated heterocycles. The lowest BCUT2D eigenvalue weighted by molar-refractivity contribution is -0.710. The van der Waals surface area contributed by atoms with Crippen molar-refractivity contribution in [2.45, 2.75) is 26.7 Å². The molecule has 0 amide bonds. The van der Waals surface area contributed by atoms with Crippen molar-refractivity contribution in [2.24, 2.45) is 0 Å². The summed E-state index contributed by atoms with van der Waals surface area (Å²) in [7, 11) is 0. The van der Waals surface area contributed by atoms with Crippen molar-refractivity contribution in [1.82, 2.24) is 4.57 Å². The second-order valence-corrected chi connectivity index (χ2v) is 3.08. The minimum atomic E-state index is -0.175. The van der Waals surface area contributed by atoms with Crippen LogP contribution in [0.2, 0.25) is 0 Å². The van der Waals surface area contributed by atoms with Crippen LogP contribution in [0.25, 0.3) is 6.20 Å². The molecule has 1 heterocycles. The maximum Gasteiger partial charge on any atom is 0.248 e. The van der Waals surface area contributed by atoms with Gasteiger partial charge in [0.15, 0.2) is 6.29 Å². The zero-order valence-corrected chi connectivity index (χ0v) is 11.4. The van der Waals surface area contributed by atoms with Gasteiger partial charge >= 0.3 is 0 Å². The normalized spacial score (nSPS) is 10.2. The van der Waals surface area contributed by atoms with Crippen molar-refractivity contribution in [2.75, 3.05) is 13.2 Å². The fourth-order valence-electron chi connectivity index (χ4n) is 1.32. The van der Waals surface area contributed by atoms with Crippen molar-refractivity contribution in [3.8, 4) is 0 Å². The molecule has 0 atom stereocenters. The van der Waals surface area contributed by atoms with Gasteiger partial charge in [0.05, 0.1) is 6.20 Å². The van der Waals surface area contributed by atoms with Crippen LogP contribution in [-0.4, -0.2) is 24.1 Å².